The number of anilines is 1. The van der Waals surface area contributed by atoms with E-state index in [-0.39, 0.29) is 11.6 Å². The van der Waals surface area contributed by atoms with Gasteiger partial charge in [0.25, 0.3) is 5.91 Å². The maximum absolute atomic E-state index is 13.8. The maximum Gasteiger partial charge on any atom is 0.260 e. The number of nitrogens with zero attached hydrogens (tertiary/aromatic N) is 1. The Morgan fingerprint density at radius 1 is 1.52 bits per heavy atom. The summed E-state index contributed by atoms with van der Waals surface area (Å²) in [4.78, 5) is 17.6. The van der Waals surface area contributed by atoms with Crippen molar-refractivity contribution in [3.63, 3.8) is 0 Å². The van der Waals surface area contributed by atoms with Crippen LogP contribution in [0.3, 0.4) is 0 Å². The second-order valence-corrected chi connectivity index (χ2v) is 6.41. The lowest BCUT2D eigenvalue weighted by molar-refractivity contribution is 0.102. The smallest absolute Gasteiger partial charge is 0.260 e. The Bertz CT molecular complexity index is 698. The quantitative estimate of drug-likeness (QED) is 0.896. The van der Waals surface area contributed by atoms with Crippen molar-refractivity contribution in [2.45, 2.75) is 32.2 Å². The predicted octanol–water partition coefficient (Wildman–Crippen LogP) is 2.66. The minimum Gasteiger partial charge on any atom is -0.327 e. The van der Waals surface area contributed by atoms with Crippen molar-refractivity contribution in [3.8, 4) is 0 Å². The van der Waals surface area contributed by atoms with Crippen molar-refractivity contribution < 1.29 is 9.18 Å². The van der Waals surface area contributed by atoms with E-state index in [1.807, 2.05) is 0 Å². The largest absolute Gasteiger partial charge is 0.327 e. The highest BCUT2D eigenvalue weighted by atomic mass is 32.1. The van der Waals surface area contributed by atoms with Crippen molar-refractivity contribution in [2.75, 3.05) is 5.32 Å². The lowest BCUT2D eigenvalue weighted by Crippen LogP contribution is -2.27. The summed E-state index contributed by atoms with van der Waals surface area (Å²) in [5, 5.41) is 3.19. The third kappa shape index (κ3) is 2.96. The number of fused-ring (bicyclic) bond motifs is 1. The highest BCUT2D eigenvalue weighted by Gasteiger charge is 2.21. The molecule has 0 saturated carbocycles. The SMILES string of the molecule is Cc1ccc(C(=O)Nc2nc3c(s2)C[C@@H](N)CC3)c(F)c1. The molecule has 0 fully saturated rings. The van der Waals surface area contributed by atoms with Crippen LogP contribution in [0.5, 0.6) is 0 Å². The standard InChI is InChI=1S/C15H16FN3OS/c1-8-2-4-10(11(16)6-8)14(20)19-15-18-12-5-3-9(17)7-13(12)21-15/h2,4,6,9H,3,5,7,17H2,1H3,(H,18,19,20)/t9-/m0/s1. The molecule has 0 bridgehead atoms. The number of carbonyl (C=O) groups excluding carboxylic acids is 1. The van der Waals surface area contributed by atoms with Gasteiger partial charge in [-0.2, -0.15) is 0 Å². The van der Waals surface area contributed by atoms with Gasteiger partial charge >= 0.3 is 0 Å². The number of thiazole rings is 1. The number of hydrogen-bond acceptors (Lipinski definition) is 4. The lowest BCUT2D eigenvalue weighted by atomic mass is 9.99. The molecule has 110 valence electrons. The molecule has 3 N–H and O–H groups in total. The lowest BCUT2D eigenvalue weighted by Gasteiger charge is -2.15. The minimum absolute atomic E-state index is 0.0328. The van der Waals surface area contributed by atoms with Crippen LogP contribution in [0.15, 0.2) is 18.2 Å². The topological polar surface area (TPSA) is 68.0 Å². The molecule has 0 radical (unpaired) electrons. The van der Waals surface area contributed by atoms with Crippen LogP contribution in [0.2, 0.25) is 0 Å². The Morgan fingerprint density at radius 2 is 2.33 bits per heavy atom. The number of halogens is 1. The number of nitrogens with one attached hydrogen (secondary N) is 1. The van der Waals surface area contributed by atoms with E-state index in [1.54, 1.807) is 13.0 Å². The Hall–Kier alpha value is -1.79. The van der Waals surface area contributed by atoms with Crippen LogP contribution < -0.4 is 11.1 Å². The summed E-state index contributed by atoms with van der Waals surface area (Å²) < 4.78 is 13.8. The normalized spacial score (nSPS) is 17.4. The molecule has 1 aliphatic rings. The number of carbonyl (C=O) groups is 1. The van der Waals surface area contributed by atoms with E-state index in [2.05, 4.69) is 10.3 Å². The third-order valence-electron chi connectivity index (χ3n) is 3.57. The summed E-state index contributed by atoms with van der Waals surface area (Å²) >= 11 is 1.43. The fourth-order valence-electron chi connectivity index (χ4n) is 2.42. The van der Waals surface area contributed by atoms with Gasteiger partial charge in [-0.25, -0.2) is 9.37 Å². The van der Waals surface area contributed by atoms with E-state index in [0.717, 1.165) is 35.4 Å². The molecule has 0 unspecified atom stereocenters. The van der Waals surface area contributed by atoms with Gasteiger partial charge in [0.15, 0.2) is 5.13 Å². The van der Waals surface area contributed by atoms with Gasteiger partial charge in [0.05, 0.1) is 11.3 Å². The first kappa shape index (κ1) is 14.2. The van der Waals surface area contributed by atoms with Crippen molar-refractivity contribution in [2.24, 2.45) is 5.73 Å². The van der Waals surface area contributed by atoms with Gasteiger partial charge in [-0.3, -0.25) is 10.1 Å². The predicted molar refractivity (Wildman–Crippen MR) is 81.2 cm³/mol. The van der Waals surface area contributed by atoms with Gasteiger partial charge in [-0.15, -0.1) is 11.3 Å². The number of amides is 1. The molecular formula is C15H16FN3OS. The summed E-state index contributed by atoms with van der Waals surface area (Å²) in [5.41, 5.74) is 7.74. The highest BCUT2D eigenvalue weighted by molar-refractivity contribution is 7.15. The second-order valence-electron chi connectivity index (χ2n) is 5.33. The van der Waals surface area contributed by atoms with Crippen LogP contribution in [0.25, 0.3) is 0 Å². The molecular weight excluding hydrogens is 289 g/mol. The van der Waals surface area contributed by atoms with Crippen LogP contribution >= 0.6 is 11.3 Å². The van der Waals surface area contributed by atoms with E-state index < -0.39 is 11.7 Å². The van der Waals surface area contributed by atoms with E-state index >= 15 is 0 Å². The van der Waals surface area contributed by atoms with Crippen LogP contribution in [0, 0.1) is 12.7 Å². The summed E-state index contributed by atoms with van der Waals surface area (Å²) in [6.07, 6.45) is 2.54. The number of benzene rings is 1. The molecule has 1 aromatic carbocycles. The zero-order chi connectivity index (χ0) is 15.0. The van der Waals surface area contributed by atoms with Crippen molar-refractivity contribution >= 4 is 22.4 Å². The summed E-state index contributed by atoms with van der Waals surface area (Å²) in [7, 11) is 0. The van der Waals surface area contributed by atoms with Crippen molar-refractivity contribution in [3.05, 3.63) is 45.7 Å². The maximum atomic E-state index is 13.8. The molecule has 0 saturated heterocycles. The fraction of sp³-hybridized carbons (Fsp3) is 0.333. The van der Waals surface area contributed by atoms with Crippen molar-refractivity contribution in [1.29, 1.82) is 0 Å². The molecule has 0 spiro atoms. The minimum atomic E-state index is -0.518. The second kappa shape index (κ2) is 5.54. The van der Waals surface area contributed by atoms with Gasteiger partial charge in [-0.05, 0) is 43.9 Å². The number of aryl methyl sites for hydroxylation is 2. The number of aromatic nitrogens is 1. The molecule has 1 aliphatic carbocycles. The van der Waals surface area contributed by atoms with Crippen LogP contribution in [-0.2, 0) is 12.8 Å². The zero-order valence-electron chi connectivity index (χ0n) is 11.6. The first-order chi connectivity index (χ1) is 10.0. The Morgan fingerprint density at radius 3 is 3.10 bits per heavy atom. The van der Waals surface area contributed by atoms with E-state index in [9.17, 15) is 9.18 Å². The Labute approximate surface area is 126 Å². The first-order valence-corrected chi connectivity index (χ1v) is 7.66. The number of nitrogens with two attached hydrogens (primary N) is 1. The summed E-state index contributed by atoms with van der Waals surface area (Å²) in [5.74, 6) is -0.987. The molecule has 4 nitrogen and oxygen atoms in total. The van der Waals surface area contributed by atoms with Crippen LogP contribution in [-0.4, -0.2) is 16.9 Å². The molecule has 3 rings (SSSR count). The Balaban J connectivity index is 1.79. The van der Waals surface area contributed by atoms with Gasteiger partial charge in [0.1, 0.15) is 5.82 Å². The van der Waals surface area contributed by atoms with Gasteiger partial charge in [0.2, 0.25) is 0 Å². The highest BCUT2D eigenvalue weighted by Crippen LogP contribution is 2.29. The monoisotopic (exact) mass is 305 g/mol. The zero-order valence-corrected chi connectivity index (χ0v) is 12.5. The van der Waals surface area contributed by atoms with Gasteiger partial charge in [0, 0.05) is 10.9 Å². The molecule has 1 atom stereocenters. The first-order valence-electron chi connectivity index (χ1n) is 6.84. The molecule has 21 heavy (non-hydrogen) atoms. The molecule has 1 amide bonds. The number of hydrogen-bond donors (Lipinski definition) is 2. The van der Waals surface area contributed by atoms with Gasteiger partial charge in [-0.1, -0.05) is 6.07 Å². The van der Waals surface area contributed by atoms with E-state index in [1.165, 1.54) is 23.5 Å². The molecule has 1 aromatic heterocycles. The Kier molecular flexibility index (Phi) is 3.73. The number of rotatable bonds is 2. The molecule has 1 heterocycles. The molecule has 0 aliphatic heterocycles. The average Bonchev–Trinajstić information content (AvgIpc) is 2.79. The summed E-state index contributed by atoms with van der Waals surface area (Å²) in [6.45, 7) is 1.78. The third-order valence-corrected chi connectivity index (χ3v) is 4.60. The van der Waals surface area contributed by atoms with Gasteiger partial charge < -0.3 is 5.73 Å². The molecule has 2 aromatic rings. The fourth-order valence-corrected chi connectivity index (χ4v) is 3.52. The van der Waals surface area contributed by atoms with Crippen LogP contribution in [0.1, 0.15) is 32.9 Å². The van der Waals surface area contributed by atoms with Crippen LogP contribution in [0.4, 0.5) is 9.52 Å². The van der Waals surface area contributed by atoms with E-state index in [0.29, 0.717) is 5.13 Å². The average molecular weight is 305 g/mol. The van der Waals surface area contributed by atoms with Crippen molar-refractivity contribution in [1.82, 2.24) is 4.98 Å². The summed E-state index contributed by atoms with van der Waals surface area (Å²) in [6, 6.07) is 4.71. The molecule has 6 heteroatoms. The van der Waals surface area contributed by atoms with E-state index in [4.69, 9.17) is 5.73 Å².